The van der Waals surface area contributed by atoms with Crippen LogP contribution in [0, 0.1) is 6.92 Å². The second kappa shape index (κ2) is 7.72. The third-order valence-electron chi connectivity index (χ3n) is 4.94. The molecule has 5 nitrogen and oxygen atoms in total. The number of pyridine rings is 1. The summed E-state index contributed by atoms with van der Waals surface area (Å²) in [6.45, 7) is 1.95. The number of carbonyl (C=O) groups is 2. The molecule has 1 heterocycles. The Bertz CT molecular complexity index is 1180. The van der Waals surface area contributed by atoms with Gasteiger partial charge in [-0.3, -0.25) is 4.79 Å². The molecule has 3 aromatic carbocycles. The van der Waals surface area contributed by atoms with Crippen LogP contribution in [0.5, 0.6) is 0 Å². The van der Waals surface area contributed by atoms with Crippen LogP contribution >= 0.6 is 0 Å². The number of aryl methyl sites for hydroxylation is 1. The van der Waals surface area contributed by atoms with Crippen molar-refractivity contribution in [2.75, 3.05) is 0 Å². The maximum absolute atomic E-state index is 13.2. The molecule has 4 aromatic rings. The summed E-state index contributed by atoms with van der Waals surface area (Å²) in [7, 11) is 0. The van der Waals surface area contributed by atoms with Gasteiger partial charge >= 0.3 is 5.97 Å². The van der Waals surface area contributed by atoms with Crippen LogP contribution in [0.25, 0.3) is 21.8 Å². The fraction of sp³-hybridized carbons (Fsp3) is 0.125. The standard InChI is InChI=1S/C24H20N2O3/c1-15-7-6-8-16(13-15)14-21(24(28)29)26-23(27)22-17-9-2-4-11-19(17)25-20-12-5-3-10-18(20)22/h2-13,21H,14H2,1H3,(H,26,27)(H,28,29)/t21-/m1/s1. The number of aromatic nitrogens is 1. The van der Waals surface area contributed by atoms with Crippen molar-refractivity contribution in [1.29, 1.82) is 0 Å². The van der Waals surface area contributed by atoms with Crippen molar-refractivity contribution < 1.29 is 14.7 Å². The monoisotopic (exact) mass is 384 g/mol. The topological polar surface area (TPSA) is 79.3 Å². The first-order chi connectivity index (χ1) is 14.0. The van der Waals surface area contributed by atoms with Crippen LogP contribution < -0.4 is 5.32 Å². The van der Waals surface area contributed by atoms with E-state index in [1.807, 2.05) is 79.7 Å². The van der Waals surface area contributed by atoms with E-state index in [0.717, 1.165) is 11.1 Å². The number of carbonyl (C=O) groups excluding carboxylic acids is 1. The lowest BCUT2D eigenvalue weighted by atomic mass is 10.00. The normalized spacial score (nSPS) is 12.0. The summed E-state index contributed by atoms with van der Waals surface area (Å²) in [5.41, 5.74) is 3.75. The zero-order valence-corrected chi connectivity index (χ0v) is 15.9. The van der Waals surface area contributed by atoms with Gasteiger partial charge in [0.25, 0.3) is 5.91 Å². The number of amides is 1. The molecule has 0 spiro atoms. The van der Waals surface area contributed by atoms with Gasteiger partial charge in [-0.25, -0.2) is 9.78 Å². The summed E-state index contributed by atoms with van der Waals surface area (Å²) in [4.78, 5) is 29.7. The first-order valence-corrected chi connectivity index (χ1v) is 9.39. The zero-order valence-electron chi connectivity index (χ0n) is 15.9. The Morgan fingerprint density at radius 2 is 1.55 bits per heavy atom. The molecule has 1 amide bonds. The predicted octanol–water partition coefficient (Wildman–Crippen LogP) is 4.12. The van der Waals surface area contributed by atoms with Crippen molar-refractivity contribution in [3.63, 3.8) is 0 Å². The number of para-hydroxylation sites is 2. The molecule has 144 valence electrons. The molecule has 0 aliphatic carbocycles. The second-order valence-electron chi connectivity index (χ2n) is 7.08. The van der Waals surface area contributed by atoms with Gasteiger partial charge in [-0.05, 0) is 24.6 Å². The largest absolute Gasteiger partial charge is 0.480 e. The maximum Gasteiger partial charge on any atom is 0.326 e. The van der Waals surface area contributed by atoms with Crippen LogP contribution in [0.1, 0.15) is 21.5 Å². The summed E-state index contributed by atoms with van der Waals surface area (Å²) >= 11 is 0. The molecular weight excluding hydrogens is 364 g/mol. The van der Waals surface area contributed by atoms with Gasteiger partial charge in [0.1, 0.15) is 6.04 Å². The Morgan fingerprint density at radius 1 is 0.931 bits per heavy atom. The van der Waals surface area contributed by atoms with Crippen LogP contribution in [0.15, 0.2) is 72.8 Å². The Morgan fingerprint density at radius 3 is 2.14 bits per heavy atom. The van der Waals surface area contributed by atoms with E-state index in [2.05, 4.69) is 10.3 Å². The highest BCUT2D eigenvalue weighted by atomic mass is 16.4. The highest BCUT2D eigenvalue weighted by Crippen LogP contribution is 2.26. The minimum absolute atomic E-state index is 0.212. The summed E-state index contributed by atoms with van der Waals surface area (Å²) in [6.07, 6.45) is 0.212. The number of nitrogens with zero attached hydrogens (tertiary/aromatic N) is 1. The maximum atomic E-state index is 13.2. The smallest absolute Gasteiger partial charge is 0.326 e. The Balaban J connectivity index is 1.74. The molecule has 0 radical (unpaired) electrons. The number of benzene rings is 3. The number of nitrogens with one attached hydrogen (secondary N) is 1. The first kappa shape index (κ1) is 18.6. The second-order valence-corrected chi connectivity index (χ2v) is 7.08. The lowest BCUT2D eigenvalue weighted by molar-refractivity contribution is -0.139. The summed E-state index contributed by atoms with van der Waals surface area (Å²) in [6, 6.07) is 21.4. The molecule has 5 heteroatoms. The highest BCUT2D eigenvalue weighted by molar-refractivity contribution is 6.16. The van der Waals surface area contributed by atoms with Crippen molar-refractivity contribution in [1.82, 2.24) is 10.3 Å². The third kappa shape index (κ3) is 3.80. The number of fused-ring (bicyclic) bond motifs is 2. The molecule has 1 atom stereocenters. The Kier molecular flexibility index (Phi) is 4.96. The summed E-state index contributed by atoms with van der Waals surface area (Å²) in [5.74, 6) is -1.48. The van der Waals surface area contributed by atoms with Gasteiger partial charge in [-0.15, -0.1) is 0 Å². The predicted molar refractivity (Wildman–Crippen MR) is 113 cm³/mol. The number of rotatable bonds is 5. The molecule has 0 unspecified atom stereocenters. The average Bonchev–Trinajstić information content (AvgIpc) is 2.71. The van der Waals surface area contributed by atoms with Gasteiger partial charge in [-0.1, -0.05) is 66.2 Å². The van der Waals surface area contributed by atoms with Crippen LogP contribution in [-0.4, -0.2) is 28.0 Å². The van der Waals surface area contributed by atoms with E-state index < -0.39 is 17.9 Å². The molecule has 4 rings (SSSR count). The lowest BCUT2D eigenvalue weighted by Gasteiger charge is -2.17. The number of aliphatic carboxylic acids is 1. The summed E-state index contributed by atoms with van der Waals surface area (Å²) in [5, 5.41) is 13.8. The molecule has 0 fully saturated rings. The Labute approximate surface area is 168 Å². The van der Waals surface area contributed by atoms with Gasteiger partial charge in [-0.2, -0.15) is 0 Å². The highest BCUT2D eigenvalue weighted by Gasteiger charge is 2.24. The van der Waals surface area contributed by atoms with Crippen LogP contribution in [0.2, 0.25) is 0 Å². The van der Waals surface area contributed by atoms with Gasteiger partial charge in [0.2, 0.25) is 0 Å². The van der Waals surface area contributed by atoms with Crippen molar-refractivity contribution >= 4 is 33.7 Å². The van der Waals surface area contributed by atoms with E-state index in [-0.39, 0.29) is 6.42 Å². The molecular formula is C24H20N2O3. The molecule has 0 saturated carbocycles. The molecule has 1 aromatic heterocycles. The van der Waals surface area contributed by atoms with Crippen molar-refractivity contribution in [3.05, 3.63) is 89.5 Å². The quantitative estimate of drug-likeness (QED) is 0.507. The fourth-order valence-corrected chi connectivity index (χ4v) is 3.59. The van der Waals surface area contributed by atoms with Gasteiger partial charge in [0.15, 0.2) is 0 Å². The number of hydrogen-bond donors (Lipinski definition) is 2. The van der Waals surface area contributed by atoms with Crippen LogP contribution in [0.4, 0.5) is 0 Å². The van der Waals surface area contributed by atoms with E-state index >= 15 is 0 Å². The first-order valence-electron chi connectivity index (χ1n) is 9.39. The van der Waals surface area contributed by atoms with Crippen LogP contribution in [-0.2, 0) is 11.2 Å². The van der Waals surface area contributed by atoms with E-state index in [1.165, 1.54) is 0 Å². The van der Waals surface area contributed by atoms with Crippen molar-refractivity contribution in [2.45, 2.75) is 19.4 Å². The number of carboxylic acid groups (broad SMARTS) is 1. The molecule has 0 aliphatic rings. The SMILES string of the molecule is Cc1cccc(C[C@@H](NC(=O)c2c3ccccc3nc3ccccc23)C(=O)O)c1. The molecule has 0 saturated heterocycles. The fourth-order valence-electron chi connectivity index (χ4n) is 3.59. The molecule has 0 aliphatic heterocycles. The lowest BCUT2D eigenvalue weighted by Crippen LogP contribution is -2.42. The summed E-state index contributed by atoms with van der Waals surface area (Å²) < 4.78 is 0. The average molecular weight is 384 g/mol. The van der Waals surface area contributed by atoms with Gasteiger partial charge in [0.05, 0.1) is 16.6 Å². The zero-order chi connectivity index (χ0) is 20.4. The van der Waals surface area contributed by atoms with E-state index in [9.17, 15) is 14.7 Å². The molecule has 29 heavy (non-hydrogen) atoms. The van der Waals surface area contributed by atoms with Gasteiger partial charge in [0, 0.05) is 17.2 Å². The third-order valence-corrected chi connectivity index (χ3v) is 4.94. The van der Waals surface area contributed by atoms with E-state index in [4.69, 9.17) is 0 Å². The van der Waals surface area contributed by atoms with E-state index in [0.29, 0.717) is 27.4 Å². The van der Waals surface area contributed by atoms with Crippen molar-refractivity contribution in [2.24, 2.45) is 0 Å². The minimum Gasteiger partial charge on any atom is -0.480 e. The number of hydrogen-bond acceptors (Lipinski definition) is 3. The Hall–Kier alpha value is -3.73. The minimum atomic E-state index is -1.07. The molecule has 0 bridgehead atoms. The van der Waals surface area contributed by atoms with Crippen LogP contribution in [0.3, 0.4) is 0 Å². The van der Waals surface area contributed by atoms with Crippen molar-refractivity contribution in [3.8, 4) is 0 Å². The number of carboxylic acids is 1. The molecule has 2 N–H and O–H groups in total. The van der Waals surface area contributed by atoms with Gasteiger partial charge < -0.3 is 10.4 Å². The van der Waals surface area contributed by atoms with E-state index in [1.54, 1.807) is 0 Å².